The normalized spacial score (nSPS) is 16.9. The van der Waals surface area contributed by atoms with Gasteiger partial charge in [0.15, 0.2) is 0 Å². The van der Waals surface area contributed by atoms with Crippen LogP contribution >= 0.6 is 0 Å². The second-order valence-corrected chi connectivity index (χ2v) is 5.62. The molecule has 126 valence electrons. The largest absolute Gasteiger partial charge is 0.495 e. The molecule has 5 nitrogen and oxygen atoms in total. The van der Waals surface area contributed by atoms with Crippen LogP contribution in [-0.4, -0.2) is 23.1 Å². The van der Waals surface area contributed by atoms with E-state index in [9.17, 15) is 18.7 Å². The van der Waals surface area contributed by atoms with Gasteiger partial charge in [0.25, 0.3) is 0 Å². The van der Waals surface area contributed by atoms with Crippen LogP contribution in [0.3, 0.4) is 0 Å². The van der Waals surface area contributed by atoms with Gasteiger partial charge in [-0.3, -0.25) is 9.78 Å². The molecule has 0 saturated heterocycles. The number of anilines is 1. The van der Waals surface area contributed by atoms with Crippen molar-refractivity contribution in [1.29, 1.82) is 0 Å². The van der Waals surface area contributed by atoms with E-state index in [4.69, 9.17) is 4.74 Å². The van der Waals surface area contributed by atoms with Gasteiger partial charge in [0, 0.05) is 6.20 Å². The lowest BCUT2D eigenvalue weighted by atomic mass is 9.98. The van der Waals surface area contributed by atoms with Crippen LogP contribution in [0.25, 0.3) is 0 Å². The van der Waals surface area contributed by atoms with E-state index in [1.165, 1.54) is 38.6 Å². The van der Waals surface area contributed by atoms with Crippen molar-refractivity contribution in [3.63, 3.8) is 0 Å². The van der Waals surface area contributed by atoms with Crippen molar-refractivity contribution >= 4 is 11.6 Å². The molecule has 0 fully saturated rings. The second kappa shape index (κ2) is 5.83. The van der Waals surface area contributed by atoms with Gasteiger partial charge >= 0.3 is 11.8 Å². The molecular weight excluding hydrogens is 318 g/mol. The molecule has 1 N–H and O–H groups in total. The van der Waals surface area contributed by atoms with Crippen molar-refractivity contribution in [2.75, 3.05) is 12.0 Å². The molecule has 2 aromatic rings. The summed E-state index contributed by atoms with van der Waals surface area (Å²) in [5.74, 6) is -4.51. The van der Waals surface area contributed by atoms with Crippen molar-refractivity contribution in [3.05, 3.63) is 53.3 Å². The zero-order valence-electron chi connectivity index (χ0n) is 13.2. The number of halogens is 2. The fraction of sp³-hybridized carbons (Fsp3) is 0.294. The highest BCUT2D eigenvalue weighted by Gasteiger charge is 2.54. The molecule has 0 saturated carbocycles. The molecule has 0 aliphatic carbocycles. The average Bonchev–Trinajstić information content (AvgIpc) is 2.76. The van der Waals surface area contributed by atoms with Gasteiger partial charge in [0.05, 0.1) is 37.2 Å². The lowest BCUT2D eigenvalue weighted by Crippen LogP contribution is -2.34. The van der Waals surface area contributed by atoms with E-state index >= 15 is 0 Å². The van der Waals surface area contributed by atoms with Crippen LogP contribution in [0.15, 0.2) is 36.7 Å². The number of benzene rings is 1. The standard InChI is InChI=1S/C17H16F2N2O3/c1-10(22)13-4-3-5-14-15(13)17(18,19)16(23)21(14)9-11-6-12(24-2)8-20-7-11/h3-8,10,22H,9H2,1-2H3/t10-/m0/s1. The number of rotatable bonds is 4. The molecule has 1 aromatic heterocycles. The number of hydrogen-bond acceptors (Lipinski definition) is 4. The van der Waals surface area contributed by atoms with Crippen molar-refractivity contribution in [2.45, 2.75) is 25.5 Å². The number of aliphatic hydroxyl groups excluding tert-OH is 1. The van der Waals surface area contributed by atoms with E-state index in [1.807, 2.05) is 0 Å². The van der Waals surface area contributed by atoms with Gasteiger partial charge in [-0.15, -0.1) is 0 Å². The number of fused-ring (bicyclic) bond motifs is 1. The number of methoxy groups -OCH3 is 1. The Kier molecular flexibility index (Phi) is 3.96. The number of hydrogen-bond donors (Lipinski definition) is 1. The van der Waals surface area contributed by atoms with E-state index < -0.39 is 23.5 Å². The van der Waals surface area contributed by atoms with Crippen LogP contribution in [0.1, 0.15) is 29.7 Å². The van der Waals surface area contributed by atoms with Crippen LogP contribution in [0, 0.1) is 0 Å². The third-order valence-corrected chi connectivity index (χ3v) is 3.99. The van der Waals surface area contributed by atoms with E-state index in [0.717, 1.165) is 4.90 Å². The Morgan fingerprint density at radius 3 is 2.79 bits per heavy atom. The molecule has 3 rings (SSSR count). The molecule has 0 radical (unpaired) electrons. The summed E-state index contributed by atoms with van der Waals surface area (Å²) >= 11 is 0. The second-order valence-electron chi connectivity index (χ2n) is 5.62. The lowest BCUT2D eigenvalue weighted by molar-refractivity contribution is -0.141. The topological polar surface area (TPSA) is 62.7 Å². The first-order valence-electron chi connectivity index (χ1n) is 7.35. The molecule has 24 heavy (non-hydrogen) atoms. The van der Waals surface area contributed by atoms with Crippen LogP contribution in [0.5, 0.6) is 5.75 Å². The molecule has 2 heterocycles. The predicted octanol–water partition coefficient (Wildman–Crippen LogP) is 2.78. The fourth-order valence-corrected chi connectivity index (χ4v) is 2.86. The van der Waals surface area contributed by atoms with Crippen molar-refractivity contribution in [3.8, 4) is 5.75 Å². The summed E-state index contributed by atoms with van der Waals surface area (Å²) in [7, 11) is 1.47. The number of carbonyl (C=O) groups is 1. The van der Waals surface area contributed by atoms with E-state index in [-0.39, 0.29) is 17.8 Å². The molecule has 1 aliphatic heterocycles. The first-order valence-corrected chi connectivity index (χ1v) is 7.35. The van der Waals surface area contributed by atoms with Gasteiger partial charge in [-0.05, 0) is 30.2 Å². The Hall–Kier alpha value is -2.54. The van der Waals surface area contributed by atoms with Gasteiger partial charge in [-0.1, -0.05) is 12.1 Å². The maximum atomic E-state index is 14.5. The Morgan fingerprint density at radius 1 is 1.38 bits per heavy atom. The summed E-state index contributed by atoms with van der Waals surface area (Å²) < 4.78 is 34.1. The summed E-state index contributed by atoms with van der Waals surface area (Å²) in [5.41, 5.74) is 0.290. The van der Waals surface area contributed by atoms with Gasteiger partial charge in [-0.25, -0.2) is 0 Å². The van der Waals surface area contributed by atoms with E-state index in [2.05, 4.69) is 4.98 Å². The molecule has 7 heteroatoms. The van der Waals surface area contributed by atoms with Gasteiger partial charge in [0.2, 0.25) is 0 Å². The molecule has 1 amide bonds. The number of aliphatic hydroxyl groups is 1. The van der Waals surface area contributed by atoms with Crippen LogP contribution in [0.2, 0.25) is 0 Å². The Bertz CT molecular complexity index is 793. The first kappa shape index (κ1) is 16.3. The molecular formula is C17H16F2N2O3. The van der Waals surface area contributed by atoms with Gasteiger partial charge < -0.3 is 14.7 Å². The summed E-state index contributed by atoms with van der Waals surface area (Å²) in [5, 5.41) is 9.76. The van der Waals surface area contributed by atoms with Gasteiger partial charge in [0.1, 0.15) is 5.75 Å². The van der Waals surface area contributed by atoms with Crippen LogP contribution in [-0.2, 0) is 17.3 Å². The van der Waals surface area contributed by atoms with Crippen molar-refractivity contribution < 1.29 is 23.4 Å². The number of carbonyl (C=O) groups excluding carboxylic acids is 1. The molecule has 1 atom stereocenters. The van der Waals surface area contributed by atoms with Crippen molar-refractivity contribution in [1.82, 2.24) is 4.98 Å². The zero-order chi connectivity index (χ0) is 17.5. The summed E-state index contributed by atoms with van der Waals surface area (Å²) in [6.07, 6.45) is 1.88. The number of ether oxygens (including phenoxy) is 1. The lowest BCUT2D eigenvalue weighted by Gasteiger charge is -2.17. The fourth-order valence-electron chi connectivity index (χ4n) is 2.86. The molecule has 0 spiro atoms. The SMILES string of the molecule is COc1cncc(CN2C(=O)C(F)(F)c3c([C@H](C)O)cccc32)c1. The Balaban J connectivity index is 2.05. The monoisotopic (exact) mass is 334 g/mol. The predicted molar refractivity (Wildman–Crippen MR) is 82.9 cm³/mol. The summed E-state index contributed by atoms with van der Waals surface area (Å²) in [6, 6.07) is 6.04. The minimum absolute atomic E-state index is 0.0529. The van der Waals surface area contributed by atoms with Gasteiger partial charge in [-0.2, -0.15) is 8.78 Å². The Morgan fingerprint density at radius 2 is 2.12 bits per heavy atom. The number of nitrogens with zero attached hydrogens (tertiary/aromatic N) is 2. The van der Waals surface area contributed by atoms with E-state index in [0.29, 0.717) is 11.3 Å². The summed E-state index contributed by atoms with van der Waals surface area (Å²) in [4.78, 5) is 17.2. The third kappa shape index (κ3) is 2.50. The minimum Gasteiger partial charge on any atom is -0.495 e. The number of aromatic nitrogens is 1. The number of amides is 1. The van der Waals surface area contributed by atoms with Crippen LogP contribution < -0.4 is 9.64 Å². The third-order valence-electron chi connectivity index (χ3n) is 3.99. The first-order chi connectivity index (χ1) is 11.4. The molecule has 1 aromatic carbocycles. The highest BCUT2D eigenvalue weighted by atomic mass is 19.3. The molecule has 1 aliphatic rings. The highest BCUT2D eigenvalue weighted by Crippen LogP contribution is 2.47. The Labute approximate surface area is 137 Å². The maximum absolute atomic E-state index is 14.5. The quantitative estimate of drug-likeness (QED) is 0.934. The maximum Gasteiger partial charge on any atom is 0.352 e. The van der Waals surface area contributed by atoms with Crippen molar-refractivity contribution in [2.24, 2.45) is 0 Å². The molecule has 0 unspecified atom stereocenters. The zero-order valence-corrected chi connectivity index (χ0v) is 13.2. The van der Waals surface area contributed by atoms with E-state index in [1.54, 1.807) is 12.1 Å². The average molecular weight is 334 g/mol. The number of pyridine rings is 1. The number of alkyl halides is 2. The smallest absolute Gasteiger partial charge is 0.352 e. The highest BCUT2D eigenvalue weighted by molar-refractivity contribution is 6.06. The summed E-state index contributed by atoms with van der Waals surface area (Å²) in [6.45, 7) is 1.33. The molecule has 0 bridgehead atoms. The van der Waals surface area contributed by atoms with Crippen LogP contribution in [0.4, 0.5) is 14.5 Å². The minimum atomic E-state index is -3.67.